The molecule has 4 aromatic rings. The summed E-state index contributed by atoms with van der Waals surface area (Å²) in [4.78, 5) is 49.2. The molecule has 0 unspecified atom stereocenters. The Bertz CT molecular complexity index is 1400. The second-order valence-corrected chi connectivity index (χ2v) is 9.15. The SMILES string of the molecule is O=c1[nH]c(=O)n(Cc2ccc(OCCCCCCCCCOc3ccc(Cn4oc(=O)[nH]c4=O)cc3)cc2)o1. The third kappa shape index (κ3) is 8.80. The van der Waals surface area contributed by atoms with Gasteiger partial charge in [0.25, 0.3) is 0 Å². The molecular weight excluding hydrogens is 508 g/mol. The highest BCUT2D eigenvalue weighted by molar-refractivity contribution is 5.28. The molecule has 0 radical (unpaired) electrons. The van der Waals surface area contributed by atoms with Crippen molar-refractivity contribution in [2.24, 2.45) is 0 Å². The Morgan fingerprint density at radius 1 is 0.538 bits per heavy atom. The number of hydrogen-bond acceptors (Lipinski definition) is 8. The van der Waals surface area contributed by atoms with E-state index in [2.05, 4.69) is 9.97 Å². The van der Waals surface area contributed by atoms with E-state index in [1.807, 2.05) is 48.5 Å². The Labute approximate surface area is 222 Å². The van der Waals surface area contributed by atoms with Gasteiger partial charge in [-0.3, -0.25) is 0 Å². The lowest BCUT2D eigenvalue weighted by atomic mass is 10.1. The molecule has 0 aliphatic heterocycles. The van der Waals surface area contributed by atoms with E-state index in [1.165, 1.54) is 6.42 Å². The summed E-state index contributed by atoms with van der Waals surface area (Å²) in [5, 5.41) is 0. The molecule has 0 amide bonds. The van der Waals surface area contributed by atoms with Crippen LogP contribution in [0.5, 0.6) is 11.5 Å². The standard InChI is InChI=1S/C27H32N4O8/c32-24-28-26(34)38-30(24)18-20-8-12-22(13-9-20)36-16-6-4-2-1-3-5-7-17-37-23-14-10-21(11-15-23)19-31-25(33)29-27(35)39-31/h8-15H,1-7,16-19H2,(H,28,32,34)(H,29,33,35). The minimum absolute atomic E-state index is 0.180. The van der Waals surface area contributed by atoms with Gasteiger partial charge in [-0.1, -0.05) is 56.4 Å². The van der Waals surface area contributed by atoms with Gasteiger partial charge in [-0.15, -0.1) is 9.48 Å². The van der Waals surface area contributed by atoms with Crippen molar-refractivity contribution in [1.82, 2.24) is 19.4 Å². The van der Waals surface area contributed by atoms with Gasteiger partial charge >= 0.3 is 22.9 Å². The van der Waals surface area contributed by atoms with Crippen LogP contribution in [0.1, 0.15) is 56.1 Å². The van der Waals surface area contributed by atoms with Crippen LogP contribution < -0.4 is 32.4 Å². The third-order valence-corrected chi connectivity index (χ3v) is 6.08. The average molecular weight is 541 g/mol. The molecule has 208 valence electrons. The maximum atomic E-state index is 11.5. The summed E-state index contributed by atoms with van der Waals surface area (Å²) in [6.45, 7) is 1.65. The van der Waals surface area contributed by atoms with Gasteiger partial charge < -0.3 is 18.5 Å². The molecule has 39 heavy (non-hydrogen) atoms. The predicted octanol–water partition coefficient (Wildman–Crippen LogP) is 2.86. The number of hydrogen-bond donors (Lipinski definition) is 2. The van der Waals surface area contributed by atoms with E-state index < -0.39 is 22.9 Å². The van der Waals surface area contributed by atoms with E-state index in [9.17, 15) is 19.2 Å². The summed E-state index contributed by atoms with van der Waals surface area (Å²) in [5.74, 6) is -0.00224. The maximum Gasteiger partial charge on any atom is 0.440 e. The number of nitrogens with zero attached hydrogens (tertiary/aromatic N) is 2. The second kappa shape index (κ2) is 13.9. The molecule has 2 aromatic carbocycles. The molecule has 12 nitrogen and oxygen atoms in total. The number of H-pyrrole nitrogens is 2. The van der Waals surface area contributed by atoms with Crippen molar-refractivity contribution < 1.29 is 18.5 Å². The Kier molecular flexibility index (Phi) is 9.81. The number of nitrogens with one attached hydrogen (secondary N) is 2. The van der Waals surface area contributed by atoms with Crippen LogP contribution in [0.25, 0.3) is 0 Å². The van der Waals surface area contributed by atoms with Crippen molar-refractivity contribution in [2.45, 2.75) is 58.0 Å². The summed E-state index contributed by atoms with van der Waals surface area (Å²) < 4.78 is 23.1. The van der Waals surface area contributed by atoms with Crippen molar-refractivity contribution in [3.8, 4) is 11.5 Å². The molecular formula is C27H32N4O8. The maximum absolute atomic E-state index is 11.5. The highest BCUT2D eigenvalue weighted by atomic mass is 16.5. The van der Waals surface area contributed by atoms with Crippen LogP contribution in [0.15, 0.2) is 76.8 Å². The first-order valence-corrected chi connectivity index (χ1v) is 13.0. The lowest BCUT2D eigenvalue weighted by Gasteiger charge is -2.08. The Balaban J connectivity index is 0.996. The molecule has 12 heteroatoms. The molecule has 0 saturated heterocycles. The molecule has 0 atom stereocenters. The van der Waals surface area contributed by atoms with Gasteiger partial charge in [0.05, 0.1) is 26.3 Å². The van der Waals surface area contributed by atoms with E-state index in [0.29, 0.717) is 13.2 Å². The second-order valence-electron chi connectivity index (χ2n) is 9.15. The van der Waals surface area contributed by atoms with Crippen LogP contribution in [0, 0.1) is 0 Å². The smallest absolute Gasteiger partial charge is 0.440 e. The largest absolute Gasteiger partial charge is 0.494 e. The third-order valence-electron chi connectivity index (χ3n) is 6.08. The number of aromatic amines is 2. The molecule has 2 aromatic heterocycles. The first-order chi connectivity index (χ1) is 19.0. The van der Waals surface area contributed by atoms with Crippen molar-refractivity contribution in [2.75, 3.05) is 13.2 Å². The Morgan fingerprint density at radius 3 is 1.23 bits per heavy atom. The van der Waals surface area contributed by atoms with Crippen molar-refractivity contribution in [3.05, 3.63) is 102 Å². The van der Waals surface area contributed by atoms with E-state index in [-0.39, 0.29) is 13.1 Å². The summed E-state index contributed by atoms with van der Waals surface area (Å²) >= 11 is 0. The average Bonchev–Trinajstić information content (AvgIpc) is 3.41. The predicted molar refractivity (Wildman–Crippen MR) is 142 cm³/mol. The van der Waals surface area contributed by atoms with Gasteiger partial charge in [0, 0.05) is 0 Å². The fourth-order valence-corrected chi connectivity index (χ4v) is 4.02. The summed E-state index contributed by atoms with van der Waals surface area (Å²) in [5.41, 5.74) is 0.520. The Hall–Kier alpha value is -4.48. The van der Waals surface area contributed by atoms with E-state index in [1.54, 1.807) is 0 Å². The van der Waals surface area contributed by atoms with Crippen molar-refractivity contribution in [3.63, 3.8) is 0 Å². The molecule has 2 N–H and O–H groups in total. The van der Waals surface area contributed by atoms with Crippen molar-refractivity contribution in [1.29, 1.82) is 0 Å². The van der Waals surface area contributed by atoms with Crippen LogP contribution in [0.4, 0.5) is 0 Å². The lowest BCUT2D eigenvalue weighted by Crippen LogP contribution is -2.17. The van der Waals surface area contributed by atoms with Crippen LogP contribution in [-0.2, 0) is 13.1 Å². The first kappa shape index (κ1) is 27.6. The van der Waals surface area contributed by atoms with Gasteiger partial charge in [0.2, 0.25) is 0 Å². The van der Waals surface area contributed by atoms with Crippen LogP contribution in [0.2, 0.25) is 0 Å². The summed E-state index contributed by atoms with van der Waals surface area (Å²) in [7, 11) is 0. The first-order valence-electron chi connectivity index (χ1n) is 13.0. The molecule has 0 bridgehead atoms. The fourth-order valence-electron chi connectivity index (χ4n) is 4.02. The molecule has 4 rings (SSSR count). The van der Waals surface area contributed by atoms with Gasteiger partial charge in [0.1, 0.15) is 11.5 Å². The topological polar surface area (TPSA) is 154 Å². The van der Waals surface area contributed by atoms with E-state index >= 15 is 0 Å². The number of benzene rings is 2. The highest BCUT2D eigenvalue weighted by Gasteiger charge is 2.05. The number of unbranched alkanes of at least 4 members (excludes halogenated alkanes) is 6. The summed E-state index contributed by atoms with van der Waals surface area (Å²) in [6.07, 6.45) is 7.67. The molecule has 0 aliphatic rings. The quantitative estimate of drug-likeness (QED) is 0.206. The van der Waals surface area contributed by atoms with Gasteiger partial charge in [0.15, 0.2) is 0 Å². The van der Waals surface area contributed by atoms with E-state index in [4.69, 9.17) is 18.5 Å². The monoisotopic (exact) mass is 540 g/mol. The zero-order chi connectivity index (χ0) is 27.5. The number of ether oxygens (including phenoxy) is 2. The minimum Gasteiger partial charge on any atom is -0.494 e. The molecule has 0 aliphatic carbocycles. The van der Waals surface area contributed by atoms with Gasteiger partial charge in [-0.25, -0.2) is 29.1 Å². The zero-order valence-corrected chi connectivity index (χ0v) is 21.6. The lowest BCUT2D eigenvalue weighted by molar-refractivity contribution is 0.257. The van der Waals surface area contributed by atoms with Crippen LogP contribution >= 0.6 is 0 Å². The zero-order valence-electron chi connectivity index (χ0n) is 21.6. The van der Waals surface area contributed by atoms with Crippen LogP contribution in [0.3, 0.4) is 0 Å². The molecule has 0 fully saturated rings. The highest BCUT2D eigenvalue weighted by Crippen LogP contribution is 2.15. The van der Waals surface area contributed by atoms with Crippen LogP contribution in [-0.4, -0.2) is 32.7 Å². The molecule has 0 spiro atoms. The summed E-state index contributed by atoms with van der Waals surface area (Å²) in [6, 6.07) is 14.7. The molecule has 0 saturated carbocycles. The van der Waals surface area contributed by atoms with Gasteiger partial charge in [-0.05, 0) is 48.2 Å². The normalized spacial score (nSPS) is 11.1. The van der Waals surface area contributed by atoms with E-state index in [0.717, 1.165) is 70.6 Å². The minimum atomic E-state index is -0.766. The number of aromatic nitrogens is 4. The molecule has 2 heterocycles. The van der Waals surface area contributed by atoms with Gasteiger partial charge in [-0.2, -0.15) is 0 Å². The number of rotatable bonds is 16. The van der Waals surface area contributed by atoms with Crippen molar-refractivity contribution >= 4 is 0 Å². The fraction of sp³-hybridized carbons (Fsp3) is 0.407. The Morgan fingerprint density at radius 2 is 0.897 bits per heavy atom.